The summed E-state index contributed by atoms with van der Waals surface area (Å²) in [5.74, 6) is -0.0163. The molecule has 3 nitrogen and oxygen atoms in total. The number of amides is 1. The molecule has 0 saturated carbocycles. The third kappa shape index (κ3) is 4.21. The van der Waals surface area contributed by atoms with Crippen LogP contribution in [0, 0.1) is 0 Å². The first kappa shape index (κ1) is 17.9. The van der Waals surface area contributed by atoms with Gasteiger partial charge in [-0.1, -0.05) is 35.9 Å². The van der Waals surface area contributed by atoms with Gasteiger partial charge in [0.05, 0.1) is 5.56 Å². The molecule has 1 N–H and O–H groups in total. The first-order valence-electron chi connectivity index (χ1n) is 8.22. The van der Waals surface area contributed by atoms with E-state index in [1.54, 1.807) is 18.4 Å². The van der Waals surface area contributed by atoms with Crippen molar-refractivity contribution in [3.8, 4) is 0 Å². The first-order valence-corrected chi connectivity index (χ1v) is 9.48. The number of fused-ring (bicyclic) bond motifs is 2. The molecule has 0 bridgehead atoms. The fourth-order valence-corrected chi connectivity index (χ4v) is 4.09. The summed E-state index contributed by atoms with van der Waals surface area (Å²) in [6.07, 6.45) is 1.13. The molecule has 0 spiro atoms. The van der Waals surface area contributed by atoms with Crippen LogP contribution >= 0.6 is 22.9 Å². The van der Waals surface area contributed by atoms with Crippen molar-refractivity contribution in [1.82, 2.24) is 10.2 Å². The standard InChI is InChI=1S/C10H12ClN.C10H9NOS/c1-12-5-4-8-6-10(11)3-2-9(8)7-12;1-11-10(12)8-6-13-9-5-3-2-4-7(8)9/h2-3,6H,4-5,7H2,1H3;2-6H,1H3,(H,11,12). The average molecular weight is 373 g/mol. The van der Waals surface area contributed by atoms with Gasteiger partial charge in [0.1, 0.15) is 0 Å². The van der Waals surface area contributed by atoms with E-state index in [1.165, 1.54) is 11.1 Å². The van der Waals surface area contributed by atoms with Crippen LogP contribution in [0.25, 0.3) is 10.1 Å². The van der Waals surface area contributed by atoms with Gasteiger partial charge in [-0.05, 0) is 42.8 Å². The van der Waals surface area contributed by atoms with E-state index < -0.39 is 0 Å². The van der Waals surface area contributed by atoms with Crippen LogP contribution in [0.5, 0.6) is 0 Å². The highest BCUT2D eigenvalue weighted by molar-refractivity contribution is 7.17. The number of hydrogen-bond donors (Lipinski definition) is 1. The highest BCUT2D eigenvalue weighted by Crippen LogP contribution is 2.25. The molecule has 3 aromatic rings. The molecule has 1 aliphatic rings. The second-order valence-corrected chi connectivity index (χ2v) is 7.47. The molecular weight excluding hydrogens is 352 g/mol. The van der Waals surface area contributed by atoms with Crippen molar-refractivity contribution < 1.29 is 4.79 Å². The van der Waals surface area contributed by atoms with Crippen LogP contribution in [0.4, 0.5) is 0 Å². The molecule has 0 aliphatic carbocycles. The Hall–Kier alpha value is -1.88. The van der Waals surface area contributed by atoms with Gasteiger partial charge >= 0.3 is 0 Å². The molecule has 0 unspecified atom stereocenters. The lowest BCUT2D eigenvalue weighted by atomic mass is 10.0. The van der Waals surface area contributed by atoms with E-state index in [1.807, 2.05) is 35.7 Å². The molecular formula is C20H21ClN2OS. The number of carbonyl (C=O) groups excluding carboxylic acids is 1. The molecule has 1 aliphatic heterocycles. The molecule has 25 heavy (non-hydrogen) atoms. The van der Waals surface area contributed by atoms with E-state index in [-0.39, 0.29) is 5.91 Å². The summed E-state index contributed by atoms with van der Waals surface area (Å²) in [5, 5.41) is 6.41. The van der Waals surface area contributed by atoms with E-state index in [0.717, 1.165) is 40.2 Å². The summed E-state index contributed by atoms with van der Waals surface area (Å²) in [6.45, 7) is 2.21. The van der Waals surface area contributed by atoms with Crippen LogP contribution in [-0.4, -0.2) is 31.4 Å². The predicted molar refractivity (Wildman–Crippen MR) is 107 cm³/mol. The van der Waals surface area contributed by atoms with Gasteiger partial charge in [-0.2, -0.15) is 0 Å². The summed E-state index contributed by atoms with van der Waals surface area (Å²) in [4.78, 5) is 13.7. The molecule has 4 rings (SSSR count). The average Bonchev–Trinajstić information content (AvgIpc) is 3.06. The van der Waals surface area contributed by atoms with E-state index >= 15 is 0 Å². The van der Waals surface area contributed by atoms with Gasteiger partial charge in [-0.25, -0.2) is 0 Å². The number of halogens is 1. The van der Waals surface area contributed by atoms with Gasteiger partial charge in [-0.3, -0.25) is 4.79 Å². The second-order valence-electron chi connectivity index (χ2n) is 6.13. The minimum absolute atomic E-state index is 0.0163. The maximum atomic E-state index is 11.4. The van der Waals surface area contributed by atoms with Gasteiger partial charge < -0.3 is 10.2 Å². The summed E-state index contributed by atoms with van der Waals surface area (Å²) in [5.41, 5.74) is 3.61. The Morgan fingerprint density at radius 2 is 2.00 bits per heavy atom. The van der Waals surface area contributed by atoms with Gasteiger partial charge in [0.2, 0.25) is 0 Å². The Morgan fingerprint density at radius 3 is 2.80 bits per heavy atom. The highest BCUT2D eigenvalue weighted by Gasteiger charge is 2.12. The number of benzene rings is 2. The zero-order valence-corrected chi connectivity index (χ0v) is 16.0. The van der Waals surface area contributed by atoms with Crippen molar-refractivity contribution in [2.75, 3.05) is 20.6 Å². The van der Waals surface area contributed by atoms with E-state index in [0.29, 0.717) is 0 Å². The topological polar surface area (TPSA) is 32.3 Å². The molecule has 5 heteroatoms. The van der Waals surface area contributed by atoms with Gasteiger partial charge in [-0.15, -0.1) is 11.3 Å². The number of hydrogen-bond acceptors (Lipinski definition) is 3. The van der Waals surface area contributed by atoms with Crippen molar-refractivity contribution in [1.29, 1.82) is 0 Å². The van der Waals surface area contributed by atoms with Crippen LogP contribution in [0.3, 0.4) is 0 Å². The normalized spacial score (nSPS) is 13.7. The predicted octanol–water partition coefficient (Wildman–Crippen LogP) is 4.59. The number of thiophene rings is 1. The zero-order chi connectivity index (χ0) is 17.8. The van der Waals surface area contributed by atoms with Gasteiger partial charge in [0.25, 0.3) is 5.91 Å². The minimum atomic E-state index is -0.0163. The maximum absolute atomic E-state index is 11.4. The first-order chi connectivity index (χ1) is 12.1. The number of carbonyl (C=O) groups is 1. The lowest BCUT2D eigenvalue weighted by Gasteiger charge is -2.24. The van der Waals surface area contributed by atoms with Crippen LogP contribution in [0.15, 0.2) is 47.8 Å². The third-order valence-electron chi connectivity index (χ3n) is 4.32. The molecule has 130 valence electrons. The Kier molecular flexibility index (Phi) is 5.74. The van der Waals surface area contributed by atoms with Crippen LogP contribution < -0.4 is 5.32 Å². The summed E-state index contributed by atoms with van der Waals surface area (Å²) < 4.78 is 1.15. The highest BCUT2D eigenvalue weighted by atomic mass is 35.5. The molecule has 1 aromatic heterocycles. The van der Waals surface area contributed by atoms with Crippen molar-refractivity contribution in [2.24, 2.45) is 0 Å². The maximum Gasteiger partial charge on any atom is 0.252 e. The van der Waals surface area contributed by atoms with Gasteiger partial charge in [0.15, 0.2) is 0 Å². The van der Waals surface area contributed by atoms with Crippen molar-refractivity contribution in [3.05, 3.63) is 69.6 Å². The number of nitrogens with zero attached hydrogens (tertiary/aromatic N) is 1. The van der Waals surface area contributed by atoms with Crippen LogP contribution in [-0.2, 0) is 13.0 Å². The van der Waals surface area contributed by atoms with Crippen LogP contribution in [0.1, 0.15) is 21.5 Å². The molecule has 1 amide bonds. The number of nitrogens with one attached hydrogen (secondary N) is 1. The van der Waals surface area contributed by atoms with Crippen molar-refractivity contribution in [2.45, 2.75) is 13.0 Å². The van der Waals surface area contributed by atoms with Crippen LogP contribution in [0.2, 0.25) is 5.02 Å². The Balaban J connectivity index is 0.000000146. The fraction of sp³-hybridized carbons (Fsp3) is 0.250. The summed E-state index contributed by atoms with van der Waals surface area (Å²) >= 11 is 7.50. The molecule has 0 saturated heterocycles. The smallest absolute Gasteiger partial charge is 0.252 e. The van der Waals surface area contributed by atoms with Crippen molar-refractivity contribution >= 4 is 38.9 Å². The van der Waals surface area contributed by atoms with Crippen molar-refractivity contribution in [3.63, 3.8) is 0 Å². The molecule has 0 radical (unpaired) electrons. The summed E-state index contributed by atoms with van der Waals surface area (Å²) in [6, 6.07) is 14.1. The largest absolute Gasteiger partial charge is 0.355 e. The molecule has 2 aromatic carbocycles. The molecule has 2 heterocycles. The van der Waals surface area contributed by atoms with E-state index in [2.05, 4.69) is 29.4 Å². The van der Waals surface area contributed by atoms with E-state index in [9.17, 15) is 4.79 Å². The van der Waals surface area contributed by atoms with E-state index in [4.69, 9.17) is 11.6 Å². The number of likely N-dealkylation sites (N-methyl/N-ethyl adjacent to an activating group) is 1. The Labute approximate surface area is 157 Å². The van der Waals surface area contributed by atoms with Gasteiger partial charge in [0, 0.05) is 40.6 Å². The molecule has 0 fully saturated rings. The second kappa shape index (κ2) is 8.00. The monoisotopic (exact) mass is 372 g/mol. The molecule has 0 atom stereocenters. The summed E-state index contributed by atoms with van der Waals surface area (Å²) in [7, 11) is 3.80. The third-order valence-corrected chi connectivity index (χ3v) is 5.52. The Morgan fingerprint density at radius 1 is 1.20 bits per heavy atom. The Bertz CT molecular complexity index is 890. The lowest BCUT2D eigenvalue weighted by molar-refractivity contribution is 0.0965. The zero-order valence-electron chi connectivity index (χ0n) is 14.4. The quantitative estimate of drug-likeness (QED) is 0.677. The fourth-order valence-electron chi connectivity index (χ4n) is 2.95. The minimum Gasteiger partial charge on any atom is -0.355 e. The SMILES string of the molecule is CN1CCc2cc(Cl)ccc2C1.CNC(=O)c1csc2ccccc12. The number of rotatable bonds is 1. The lowest BCUT2D eigenvalue weighted by Crippen LogP contribution is -2.26.